The fraction of sp³-hybridized carbons (Fsp3) is 0.300. The number of benzene rings is 1. The fourth-order valence-electron chi connectivity index (χ4n) is 0.999. The molecule has 1 rings (SSSR count). The third kappa shape index (κ3) is 3.05. The van der Waals surface area contributed by atoms with E-state index in [1.807, 2.05) is 6.07 Å². The van der Waals surface area contributed by atoms with Gasteiger partial charge in [0.15, 0.2) is 0 Å². The van der Waals surface area contributed by atoms with Gasteiger partial charge < -0.3 is 15.5 Å². The topological polar surface area (TPSA) is 76.3 Å². The lowest BCUT2D eigenvalue weighted by Crippen LogP contribution is -2.22. The Morgan fingerprint density at radius 2 is 2.29 bits per heavy atom. The van der Waals surface area contributed by atoms with Gasteiger partial charge in [-0.2, -0.15) is 5.26 Å². The Bertz CT molecular complexity index is 333. The van der Waals surface area contributed by atoms with Gasteiger partial charge in [0.1, 0.15) is 0 Å². The average Bonchev–Trinajstić information content (AvgIpc) is 2.26. The van der Waals surface area contributed by atoms with E-state index in [4.69, 9.17) is 15.5 Å². The van der Waals surface area contributed by atoms with Crippen molar-refractivity contribution in [3.8, 4) is 6.07 Å². The third-order valence-electron chi connectivity index (χ3n) is 1.74. The maximum atomic E-state index is 9.07. The molecule has 0 aromatic heterocycles. The van der Waals surface area contributed by atoms with Crippen LogP contribution in [0.1, 0.15) is 5.56 Å². The second-order valence-corrected chi connectivity index (χ2v) is 2.91. The molecule has 0 spiro atoms. The highest BCUT2D eigenvalue weighted by molar-refractivity contribution is 5.49. The minimum Gasteiger partial charge on any atom is -0.394 e. The number of hydrogen-bond acceptors (Lipinski definition) is 4. The number of hydrogen-bond donors (Lipinski definition) is 3. The van der Waals surface area contributed by atoms with Gasteiger partial charge >= 0.3 is 0 Å². The molecule has 0 unspecified atom stereocenters. The summed E-state index contributed by atoms with van der Waals surface area (Å²) in [5.41, 5.74) is 1.32. The summed E-state index contributed by atoms with van der Waals surface area (Å²) in [4.78, 5) is 0. The number of anilines is 1. The van der Waals surface area contributed by atoms with Crippen molar-refractivity contribution in [1.29, 1.82) is 5.26 Å². The van der Waals surface area contributed by atoms with Crippen LogP contribution in [0.15, 0.2) is 24.3 Å². The van der Waals surface area contributed by atoms with Crippen molar-refractivity contribution in [2.24, 2.45) is 0 Å². The number of nitriles is 1. The summed E-state index contributed by atoms with van der Waals surface area (Å²) in [6, 6.07) is 8.96. The van der Waals surface area contributed by atoms with E-state index < -0.39 is 6.10 Å². The van der Waals surface area contributed by atoms with Crippen LogP contribution >= 0.6 is 0 Å². The zero-order valence-electron chi connectivity index (χ0n) is 7.64. The maximum absolute atomic E-state index is 9.07. The lowest BCUT2D eigenvalue weighted by atomic mass is 10.2. The van der Waals surface area contributed by atoms with Gasteiger partial charge in [0.2, 0.25) is 0 Å². The number of nitrogens with one attached hydrogen (secondary N) is 1. The highest BCUT2D eigenvalue weighted by Gasteiger charge is 2.01. The SMILES string of the molecule is N#Cc1cccc(NC[C@H](O)CO)c1. The standard InChI is InChI=1S/C10H12N2O2/c11-5-8-2-1-3-9(4-8)12-6-10(14)7-13/h1-4,10,12-14H,6-7H2/t10-/m0/s1. The lowest BCUT2D eigenvalue weighted by Gasteiger charge is -2.09. The Balaban J connectivity index is 2.55. The smallest absolute Gasteiger partial charge is 0.0992 e. The van der Waals surface area contributed by atoms with Crippen LogP contribution in [0, 0.1) is 11.3 Å². The summed E-state index contributed by atoms with van der Waals surface area (Å²) in [5, 5.41) is 29.2. The van der Waals surface area contributed by atoms with Gasteiger partial charge in [-0.25, -0.2) is 0 Å². The normalized spacial score (nSPS) is 11.8. The molecule has 0 amide bonds. The summed E-state index contributed by atoms with van der Waals surface area (Å²) >= 11 is 0. The molecule has 4 nitrogen and oxygen atoms in total. The molecular weight excluding hydrogens is 180 g/mol. The highest BCUT2D eigenvalue weighted by Crippen LogP contribution is 2.09. The predicted molar refractivity (Wildman–Crippen MR) is 52.7 cm³/mol. The maximum Gasteiger partial charge on any atom is 0.0992 e. The van der Waals surface area contributed by atoms with Gasteiger partial charge in [0.25, 0.3) is 0 Å². The minimum absolute atomic E-state index is 0.269. The molecule has 0 aliphatic carbocycles. The van der Waals surface area contributed by atoms with E-state index in [1.165, 1.54) is 0 Å². The van der Waals surface area contributed by atoms with E-state index in [1.54, 1.807) is 24.3 Å². The van der Waals surface area contributed by atoms with E-state index in [0.29, 0.717) is 5.56 Å². The van der Waals surface area contributed by atoms with Crippen LogP contribution in [0.4, 0.5) is 5.69 Å². The zero-order valence-corrected chi connectivity index (χ0v) is 7.64. The highest BCUT2D eigenvalue weighted by atomic mass is 16.3. The molecular formula is C10H12N2O2. The van der Waals surface area contributed by atoms with Crippen LogP contribution in [0.2, 0.25) is 0 Å². The van der Waals surface area contributed by atoms with Crippen LogP contribution < -0.4 is 5.32 Å². The molecule has 0 aliphatic rings. The van der Waals surface area contributed by atoms with Gasteiger partial charge in [-0.1, -0.05) is 6.07 Å². The number of nitrogens with zero attached hydrogens (tertiary/aromatic N) is 1. The molecule has 0 bridgehead atoms. The third-order valence-corrected chi connectivity index (χ3v) is 1.74. The van der Waals surface area contributed by atoms with Gasteiger partial charge in [0.05, 0.1) is 24.3 Å². The Labute approximate surface area is 82.4 Å². The van der Waals surface area contributed by atoms with Crippen molar-refractivity contribution < 1.29 is 10.2 Å². The summed E-state index contributed by atoms with van der Waals surface area (Å²) < 4.78 is 0. The molecule has 0 aliphatic heterocycles. The second kappa shape index (κ2) is 5.22. The van der Waals surface area contributed by atoms with E-state index >= 15 is 0 Å². The molecule has 0 heterocycles. The molecule has 14 heavy (non-hydrogen) atoms. The van der Waals surface area contributed by atoms with Crippen LogP contribution in [0.25, 0.3) is 0 Å². The van der Waals surface area contributed by atoms with E-state index in [9.17, 15) is 0 Å². The first-order valence-electron chi connectivity index (χ1n) is 4.29. The van der Waals surface area contributed by atoms with E-state index in [-0.39, 0.29) is 13.2 Å². The molecule has 3 N–H and O–H groups in total. The Kier molecular flexibility index (Phi) is 3.92. The fourth-order valence-corrected chi connectivity index (χ4v) is 0.999. The van der Waals surface area contributed by atoms with Crippen LogP contribution in [-0.2, 0) is 0 Å². The van der Waals surface area contributed by atoms with Gasteiger partial charge in [-0.05, 0) is 18.2 Å². The van der Waals surface area contributed by atoms with Crippen LogP contribution in [0.3, 0.4) is 0 Å². The lowest BCUT2D eigenvalue weighted by molar-refractivity contribution is 0.105. The average molecular weight is 192 g/mol. The largest absolute Gasteiger partial charge is 0.394 e. The zero-order chi connectivity index (χ0) is 10.4. The molecule has 4 heteroatoms. The Hall–Kier alpha value is -1.57. The van der Waals surface area contributed by atoms with Gasteiger partial charge in [-0.15, -0.1) is 0 Å². The molecule has 0 radical (unpaired) electrons. The summed E-state index contributed by atoms with van der Waals surface area (Å²) in [7, 11) is 0. The minimum atomic E-state index is -0.777. The number of aliphatic hydroxyl groups is 2. The molecule has 0 fully saturated rings. The van der Waals surface area contributed by atoms with E-state index in [0.717, 1.165) is 5.69 Å². The first-order chi connectivity index (χ1) is 6.76. The molecule has 0 saturated carbocycles. The molecule has 1 atom stereocenters. The van der Waals surface area contributed by atoms with Crippen molar-refractivity contribution >= 4 is 5.69 Å². The molecule has 74 valence electrons. The van der Waals surface area contributed by atoms with Gasteiger partial charge in [-0.3, -0.25) is 0 Å². The Morgan fingerprint density at radius 3 is 2.93 bits per heavy atom. The van der Waals surface area contributed by atoms with Crippen LogP contribution in [-0.4, -0.2) is 29.5 Å². The first kappa shape index (κ1) is 10.5. The summed E-state index contributed by atoms with van der Waals surface area (Å²) in [6.45, 7) is -0.00365. The van der Waals surface area contributed by atoms with Crippen molar-refractivity contribution in [3.05, 3.63) is 29.8 Å². The van der Waals surface area contributed by atoms with Crippen molar-refractivity contribution in [2.75, 3.05) is 18.5 Å². The van der Waals surface area contributed by atoms with Crippen molar-refractivity contribution in [1.82, 2.24) is 0 Å². The molecule has 0 saturated heterocycles. The Morgan fingerprint density at radius 1 is 1.50 bits per heavy atom. The number of rotatable bonds is 4. The van der Waals surface area contributed by atoms with Crippen molar-refractivity contribution in [2.45, 2.75) is 6.10 Å². The predicted octanol–water partition coefficient (Wildman–Crippen LogP) is 0.323. The van der Waals surface area contributed by atoms with Gasteiger partial charge in [0, 0.05) is 12.2 Å². The van der Waals surface area contributed by atoms with E-state index in [2.05, 4.69) is 5.32 Å². The summed E-state index contributed by atoms with van der Waals surface area (Å²) in [6.07, 6.45) is -0.777. The number of aliphatic hydroxyl groups excluding tert-OH is 2. The summed E-state index contributed by atoms with van der Waals surface area (Å²) in [5.74, 6) is 0. The molecule has 1 aromatic rings. The molecule has 1 aromatic carbocycles. The first-order valence-corrected chi connectivity index (χ1v) is 4.29. The quantitative estimate of drug-likeness (QED) is 0.642. The van der Waals surface area contributed by atoms with Crippen molar-refractivity contribution in [3.63, 3.8) is 0 Å². The van der Waals surface area contributed by atoms with Crippen LogP contribution in [0.5, 0.6) is 0 Å². The monoisotopic (exact) mass is 192 g/mol. The second-order valence-electron chi connectivity index (χ2n) is 2.91.